The average Bonchev–Trinajstić information content (AvgIpc) is 3.58. The van der Waals surface area contributed by atoms with Gasteiger partial charge >= 0.3 is 0 Å². The van der Waals surface area contributed by atoms with Crippen LogP contribution in [0.1, 0.15) is 49.5 Å². The van der Waals surface area contributed by atoms with Crippen molar-refractivity contribution in [1.82, 2.24) is 30.1 Å². The average molecular weight is 533 g/mol. The van der Waals surface area contributed by atoms with Crippen molar-refractivity contribution >= 4 is 22.5 Å². The largest absolute Gasteiger partial charge is 0.497 e. The first-order valence-electron chi connectivity index (χ1n) is 12.2. The molecular formula is C28H29ClN6O3. The number of nitrogens with one attached hydrogen (secondary N) is 1. The van der Waals surface area contributed by atoms with E-state index in [2.05, 4.69) is 25.4 Å². The van der Waals surface area contributed by atoms with E-state index in [0.29, 0.717) is 40.8 Å². The van der Waals surface area contributed by atoms with Crippen molar-refractivity contribution in [2.75, 3.05) is 7.11 Å². The second-order valence-electron chi connectivity index (χ2n) is 10.1. The van der Waals surface area contributed by atoms with Gasteiger partial charge in [0.05, 0.1) is 25.5 Å². The minimum absolute atomic E-state index is 0.225. The van der Waals surface area contributed by atoms with Crippen LogP contribution in [-0.4, -0.2) is 37.2 Å². The number of H-pyrrole nitrogens is 1. The van der Waals surface area contributed by atoms with Crippen molar-refractivity contribution < 1.29 is 9.15 Å². The van der Waals surface area contributed by atoms with Crippen molar-refractivity contribution in [3.05, 3.63) is 105 Å². The van der Waals surface area contributed by atoms with Gasteiger partial charge in [-0.05, 0) is 85.3 Å². The van der Waals surface area contributed by atoms with Crippen molar-refractivity contribution in [2.45, 2.75) is 45.4 Å². The monoisotopic (exact) mass is 532 g/mol. The number of halogens is 1. The van der Waals surface area contributed by atoms with Crippen LogP contribution in [0.5, 0.6) is 5.75 Å². The molecule has 0 bridgehead atoms. The molecule has 0 radical (unpaired) electrons. The number of furan rings is 1. The number of fused-ring (bicyclic) bond motifs is 1. The third-order valence-electron chi connectivity index (χ3n) is 6.35. The zero-order valence-corrected chi connectivity index (χ0v) is 22.4. The Hall–Kier alpha value is -3.95. The normalized spacial score (nSPS) is 12.8. The molecule has 1 unspecified atom stereocenters. The molecule has 0 aliphatic carbocycles. The van der Waals surface area contributed by atoms with Gasteiger partial charge in [0.15, 0.2) is 5.82 Å². The van der Waals surface area contributed by atoms with Gasteiger partial charge in [-0.2, -0.15) is 0 Å². The lowest BCUT2D eigenvalue weighted by atomic mass is 10.0. The van der Waals surface area contributed by atoms with Crippen LogP contribution in [0.15, 0.2) is 76.1 Å². The van der Waals surface area contributed by atoms with Crippen LogP contribution in [0.25, 0.3) is 10.9 Å². The highest BCUT2D eigenvalue weighted by molar-refractivity contribution is 6.30. The molecule has 0 aliphatic heterocycles. The van der Waals surface area contributed by atoms with E-state index in [4.69, 9.17) is 20.8 Å². The van der Waals surface area contributed by atoms with Crippen LogP contribution >= 0.6 is 11.6 Å². The van der Waals surface area contributed by atoms with Crippen LogP contribution < -0.4 is 10.3 Å². The fourth-order valence-corrected chi connectivity index (χ4v) is 4.66. The quantitative estimate of drug-likeness (QED) is 0.288. The molecule has 5 rings (SSSR count). The Morgan fingerprint density at radius 1 is 1.11 bits per heavy atom. The summed E-state index contributed by atoms with van der Waals surface area (Å²) in [6.07, 6.45) is 1.64. The number of hydrogen-bond donors (Lipinski definition) is 1. The van der Waals surface area contributed by atoms with E-state index >= 15 is 0 Å². The number of aromatic amines is 1. The number of benzene rings is 2. The molecule has 38 heavy (non-hydrogen) atoms. The summed E-state index contributed by atoms with van der Waals surface area (Å²) >= 11 is 6.16. The van der Waals surface area contributed by atoms with Gasteiger partial charge < -0.3 is 14.1 Å². The third kappa shape index (κ3) is 5.34. The number of hydrogen-bond acceptors (Lipinski definition) is 7. The lowest BCUT2D eigenvalue weighted by Gasteiger charge is -2.32. The van der Waals surface area contributed by atoms with E-state index in [9.17, 15) is 4.79 Å². The van der Waals surface area contributed by atoms with Gasteiger partial charge in [-0.15, -0.1) is 5.10 Å². The minimum atomic E-state index is -0.607. The molecule has 3 aromatic heterocycles. The molecule has 0 spiro atoms. The van der Waals surface area contributed by atoms with E-state index in [1.807, 2.05) is 81.4 Å². The van der Waals surface area contributed by atoms with Crippen LogP contribution in [0, 0.1) is 0 Å². The second-order valence-corrected chi connectivity index (χ2v) is 10.6. The standard InChI is InChI=1S/C28H29ClN6O3/c1-28(2,3)35-26(31-32-33-35)25(23-15-19-14-21(37-4)11-12-24(19)30-27(23)36)34(17-22-6-5-13-38-22)16-18-7-9-20(29)10-8-18/h5-15,25H,16-17H2,1-4H3,(H,30,36). The smallest absolute Gasteiger partial charge is 0.253 e. The van der Waals surface area contributed by atoms with E-state index in [1.54, 1.807) is 18.1 Å². The summed E-state index contributed by atoms with van der Waals surface area (Å²) in [5, 5.41) is 14.3. The Morgan fingerprint density at radius 3 is 2.58 bits per heavy atom. The molecule has 1 N–H and O–H groups in total. The maximum atomic E-state index is 13.7. The topological polar surface area (TPSA) is 102 Å². The Bertz CT molecular complexity index is 1590. The fourth-order valence-electron chi connectivity index (χ4n) is 4.54. The number of aromatic nitrogens is 5. The van der Waals surface area contributed by atoms with Crippen LogP contribution in [0.4, 0.5) is 0 Å². The predicted octanol–water partition coefficient (Wildman–Crippen LogP) is 5.32. The SMILES string of the molecule is COc1ccc2[nH]c(=O)c(C(c3nnnn3C(C)(C)C)N(Cc3ccc(Cl)cc3)Cc3ccco3)cc2c1. The molecule has 3 heterocycles. The summed E-state index contributed by atoms with van der Waals surface area (Å²) in [6.45, 7) is 6.96. The second kappa shape index (κ2) is 10.4. The van der Waals surface area contributed by atoms with Crippen molar-refractivity contribution in [3.8, 4) is 5.75 Å². The molecule has 0 aliphatic rings. The highest BCUT2D eigenvalue weighted by atomic mass is 35.5. The van der Waals surface area contributed by atoms with E-state index in [0.717, 1.165) is 16.7 Å². The maximum absolute atomic E-state index is 13.7. The van der Waals surface area contributed by atoms with E-state index < -0.39 is 11.6 Å². The Kier molecular flexibility index (Phi) is 7.05. The van der Waals surface area contributed by atoms with Crippen molar-refractivity contribution in [3.63, 3.8) is 0 Å². The van der Waals surface area contributed by atoms with Crippen molar-refractivity contribution in [1.29, 1.82) is 0 Å². The van der Waals surface area contributed by atoms with Crippen LogP contribution in [0.2, 0.25) is 5.02 Å². The molecule has 10 heteroatoms. The number of nitrogens with zero attached hydrogens (tertiary/aromatic N) is 5. The first-order valence-corrected chi connectivity index (χ1v) is 12.6. The van der Waals surface area contributed by atoms with Crippen LogP contribution in [0.3, 0.4) is 0 Å². The molecule has 0 saturated heterocycles. The van der Waals surface area contributed by atoms with E-state index in [1.165, 1.54) is 0 Å². The summed E-state index contributed by atoms with van der Waals surface area (Å²) < 4.78 is 12.9. The highest BCUT2D eigenvalue weighted by Crippen LogP contribution is 2.32. The van der Waals surface area contributed by atoms with Gasteiger partial charge in [0.2, 0.25) is 0 Å². The Balaban J connectivity index is 1.72. The number of ether oxygens (including phenoxy) is 1. The summed E-state index contributed by atoms with van der Waals surface area (Å²) in [6, 6.07) is 18.2. The van der Waals surface area contributed by atoms with Gasteiger partial charge in [-0.3, -0.25) is 9.69 Å². The zero-order valence-electron chi connectivity index (χ0n) is 21.7. The van der Waals surface area contributed by atoms with Gasteiger partial charge in [0.25, 0.3) is 5.56 Å². The molecular weight excluding hydrogens is 504 g/mol. The minimum Gasteiger partial charge on any atom is -0.497 e. The van der Waals surface area contributed by atoms with Gasteiger partial charge in [0, 0.05) is 28.0 Å². The first kappa shape index (κ1) is 25.7. The summed E-state index contributed by atoms with van der Waals surface area (Å²) in [7, 11) is 1.62. The Morgan fingerprint density at radius 2 is 1.89 bits per heavy atom. The van der Waals surface area contributed by atoms with Crippen molar-refractivity contribution in [2.24, 2.45) is 0 Å². The summed E-state index contributed by atoms with van der Waals surface area (Å²) in [5.41, 5.74) is 1.58. The molecule has 0 amide bonds. The third-order valence-corrected chi connectivity index (χ3v) is 6.60. The van der Waals surface area contributed by atoms with E-state index in [-0.39, 0.29) is 5.56 Å². The molecule has 0 fully saturated rings. The molecule has 0 saturated carbocycles. The molecule has 2 aromatic carbocycles. The highest BCUT2D eigenvalue weighted by Gasteiger charge is 2.34. The maximum Gasteiger partial charge on any atom is 0.253 e. The first-order chi connectivity index (χ1) is 18.2. The molecule has 196 valence electrons. The number of rotatable bonds is 8. The lowest BCUT2D eigenvalue weighted by Crippen LogP contribution is -2.37. The number of tetrazole rings is 1. The zero-order chi connectivity index (χ0) is 26.9. The number of methoxy groups -OCH3 is 1. The summed E-state index contributed by atoms with van der Waals surface area (Å²) in [4.78, 5) is 18.8. The van der Waals surface area contributed by atoms with Gasteiger partial charge in [0.1, 0.15) is 17.6 Å². The molecule has 9 nitrogen and oxygen atoms in total. The summed E-state index contributed by atoms with van der Waals surface area (Å²) in [5.74, 6) is 1.99. The van der Waals surface area contributed by atoms with Gasteiger partial charge in [-0.1, -0.05) is 23.7 Å². The van der Waals surface area contributed by atoms with Gasteiger partial charge in [-0.25, -0.2) is 4.68 Å². The number of pyridine rings is 1. The molecule has 1 atom stereocenters. The molecule has 5 aromatic rings. The predicted molar refractivity (Wildman–Crippen MR) is 145 cm³/mol. The Labute approximate surface area is 225 Å². The lowest BCUT2D eigenvalue weighted by molar-refractivity contribution is 0.171. The van der Waals surface area contributed by atoms with Crippen LogP contribution in [-0.2, 0) is 18.6 Å². The fraction of sp³-hybridized carbons (Fsp3) is 0.286.